The predicted octanol–water partition coefficient (Wildman–Crippen LogP) is 5.89. The molecule has 0 saturated carbocycles. The van der Waals surface area contributed by atoms with E-state index in [-0.39, 0.29) is 25.0 Å². The Kier molecular flexibility index (Phi) is 9.16. The number of hydrogen-bond donors (Lipinski definition) is 1. The molecule has 0 aromatic heterocycles. The van der Waals surface area contributed by atoms with Crippen molar-refractivity contribution < 1.29 is 14.3 Å². The summed E-state index contributed by atoms with van der Waals surface area (Å²) < 4.78 is 5.90. The molecule has 0 unspecified atom stereocenters. The SMILES string of the molecule is Cc1cc(C)cc(OCC(=O)N(Cc2ccccc2Cl)[C@H](Cc2ccccc2)C(=O)NC(C)(C)C)c1. The lowest BCUT2D eigenvalue weighted by Gasteiger charge is -2.34. The van der Waals surface area contributed by atoms with Crippen LogP contribution in [0.5, 0.6) is 5.75 Å². The predicted molar refractivity (Wildman–Crippen MR) is 145 cm³/mol. The van der Waals surface area contributed by atoms with Crippen LogP contribution in [0.2, 0.25) is 5.02 Å². The summed E-state index contributed by atoms with van der Waals surface area (Å²) in [6, 6.07) is 22.2. The molecular weight excluding hydrogens is 472 g/mol. The first-order valence-corrected chi connectivity index (χ1v) is 12.5. The molecule has 2 amide bonds. The maximum atomic E-state index is 13.7. The largest absolute Gasteiger partial charge is 0.484 e. The number of carbonyl (C=O) groups excluding carboxylic acids is 2. The van der Waals surface area contributed by atoms with Crippen LogP contribution in [0.15, 0.2) is 72.8 Å². The molecule has 0 aliphatic rings. The second kappa shape index (κ2) is 12.1. The van der Waals surface area contributed by atoms with E-state index in [1.165, 1.54) is 0 Å². The summed E-state index contributed by atoms with van der Waals surface area (Å²) in [5.41, 5.74) is 3.37. The molecule has 6 heteroatoms. The van der Waals surface area contributed by atoms with Gasteiger partial charge in [-0.05, 0) is 75.1 Å². The minimum Gasteiger partial charge on any atom is -0.484 e. The first-order valence-electron chi connectivity index (χ1n) is 12.1. The lowest BCUT2D eigenvalue weighted by Crippen LogP contribution is -2.55. The fraction of sp³-hybridized carbons (Fsp3) is 0.333. The molecule has 5 nitrogen and oxygen atoms in total. The highest BCUT2D eigenvalue weighted by Gasteiger charge is 2.32. The molecule has 36 heavy (non-hydrogen) atoms. The Bertz CT molecular complexity index is 1170. The molecular formula is C30H35ClN2O3. The smallest absolute Gasteiger partial charge is 0.261 e. The Labute approximate surface area is 219 Å². The summed E-state index contributed by atoms with van der Waals surface area (Å²) in [5.74, 6) is 0.106. The normalized spacial score (nSPS) is 12.1. The minimum atomic E-state index is -0.752. The number of nitrogens with zero attached hydrogens (tertiary/aromatic N) is 1. The highest BCUT2D eigenvalue weighted by molar-refractivity contribution is 6.31. The zero-order chi connectivity index (χ0) is 26.3. The van der Waals surface area contributed by atoms with Crippen molar-refractivity contribution in [2.45, 2.75) is 59.2 Å². The van der Waals surface area contributed by atoms with Crippen LogP contribution in [0, 0.1) is 13.8 Å². The van der Waals surface area contributed by atoms with Gasteiger partial charge in [0.2, 0.25) is 5.91 Å². The standard InChI is InChI=1S/C30H35ClN2O3/c1-21-15-22(2)17-25(16-21)36-20-28(34)33(19-24-13-9-10-14-26(24)31)27(29(35)32-30(3,4)5)18-23-11-7-6-8-12-23/h6-17,27H,18-20H2,1-5H3,(H,32,35)/t27-/m1/s1. The first-order chi connectivity index (χ1) is 17.0. The van der Waals surface area contributed by atoms with Crippen molar-refractivity contribution in [3.63, 3.8) is 0 Å². The molecule has 0 aliphatic carbocycles. The van der Waals surface area contributed by atoms with Crippen molar-refractivity contribution >= 4 is 23.4 Å². The zero-order valence-electron chi connectivity index (χ0n) is 21.7. The molecule has 0 heterocycles. The highest BCUT2D eigenvalue weighted by Crippen LogP contribution is 2.22. The van der Waals surface area contributed by atoms with Gasteiger partial charge in [0.05, 0.1) is 0 Å². The van der Waals surface area contributed by atoms with E-state index in [0.29, 0.717) is 17.2 Å². The average Bonchev–Trinajstić information content (AvgIpc) is 2.80. The second-order valence-electron chi connectivity index (χ2n) is 10.2. The van der Waals surface area contributed by atoms with Gasteiger partial charge < -0.3 is 15.0 Å². The minimum absolute atomic E-state index is 0.184. The number of carbonyl (C=O) groups is 2. The van der Waals surface area contributed by atoms with Crippen molar-refractivity contribution in [2.24, 2.45) is 0 Å². The molecule has 0 radical (unpaired) electrons. The van der Waals surface area contributed by atoms with E-state index < -0.39 is 11.6 Å². The van der Waals surface area contributed by atoms with E-state index >= 15 is 0 Å². The quantitative estimate of drug-likeness (QED) is 0.393. The maximum Gasteiger partial charge on any atom is 0.261 e. The van der Waals surface area contributed by atoms with E-state index in [9.17, 15) is 9.59 Å². The van der Waals surface area contributed by atoms with Gasteiger partial charge in [-0.1, -0.05) is 66.2 Å². The van der Waals surface area contributed by atoms with Gasteiger partial charge in [0, 0.05) is 23.5 Å². The van der Waals surface area contributed by atoms with E-state index in [0.717, 1.165) is 22.3 Å². The van der Waals surface area contributed by atoms with Gasteiger partial charge in [-0.3, -0.25) is 9.59 Å². The van der Waals surface area contributed by atoms with E-state index in [1.54, 1.807) is 11.0 Å². The molecule has 1 N–H and O–H groups in total. The van der Waals surface area contributed by atoms with Crippen molar-refractivity contribution in [1.29, 1.82) is 0 Å². The first kappa shape index (κ1) is 27.3. The summed E-state index contributed by atoms with van der Waals surface area (Å²) in [5, 5.41) is 3.60. The van der Waals surface area contributed by atoms with Crippen LogP contribution in [0.25, 0.3) is 0 Å². The van der Waals surface area contributed by atoms with E-state index in [2.05, 4.69) is 5.32 Å². The molecule has 1 atom stereocenters. The van der Waals surface area contributed by atoms with Crippen LogP contribution >= 0.6 is 11.6 Å². The third-order valence-corrected chi connectivity index (χ3v) is 5.99. The number of hydrogen-bond acceptors (Lipinski definition) is 3. The van der Waals surface area contributed by atoms with Gasteiger partial charge in [-0.2, -0.15) is 0 Å². The van der Waals surface area contributed by atoms with Gasteiger partial charge in [0.25, 0.3) is 5.91 Å². The monoisotopic (exact) mass is 506 g/mol. The van der Waals surface area contributed by atoms with Crippen LogP contribution in [0.3, 0.4) is 0 Å². The topological polar surface area (TPSA) is 58.6 Å². The Hall–Kier alpha value is -3.31. The Balaban J connectivity index is 1.95. The Morgan fingerprint density at radius 3 is 2.17 bits per heavy atom. The van der Waals surface area contributed by atoms with Crippen molar-refractivity contribution in [3.8, 4) is 5.75 Å². The third kappa shape index (κ3) is 8.13. The molecule has 0 bridgehead atoms. The van der Waals surface area contributed by atoms with Crippen molar-refractivity contribution in [3.05, 3.63) is 100 Å². The van der Waals surface area contributed by atoms with Crippen LogP contribution in [-0.2, 0) is 22.6 Å². The molecule has 3 aromatic rings. The third-order valence-electron chi connectivity index (χ3n) is 5.63. The summed E-state index contributed by atoms with van der Waals surface area (Å²) >= 11 is 6.46. The van der Waals surface area contributed by atoms with Gasteiger partial charge >= 0.3 is 0 Å². The van der Waals surface area contributed by atoms with Crippen LogP contribution in [-0.4, -0.2) is 34.9 Å². The average molecular weight is 507 g/mol. The number of aryl methyl sites for hydroxylation is 2. The number of amides is 2. The fourth-order valence-corrected chi connectivity index (χ4v) is 4.26. The van der Waals surface area contributed by atoms with Crippen LogP contribution in [0.4, 0.5) is 0 Å². The lowest BCUT2D eigenvalue weighted by atomic mass is 10.0. The summed E-state index contributed by atoms with van der Waals surface area (Å²) in [7, 11) is 0. The fourth-order valence-electron chi connectivity index (χ4n) is 4.06. The van der Waals surface area contributed by atoms with Gasteiger partial charge in [-0.25, -0.2) is 0 Å². The molecule has 190 valence electrons. The lowest BCUT2D eigenvalue weighted by molar-refractivity contribution is -0.143. The van der Waals surface area contributed by atoms with Crippen LogP contribution in [0.1, 0.15) is 43.0 Å². The zero-order valence-corrected chi connectivity index (χ0v) is 22.4. The molecule has 0 spiro atoms. The van der Waals surface area contributed by atoms with Crippen molar-refractivity contribution in [2.75, 3.05) is 6.61 Å². The maximum absolute atomic E-state index is 13.7. The number of halogens is 1. The van der Waals surface area contributed by atoms with Crippen LogP contribution < -0.4 is 10.1 Å². The number of benzene rings is 3. The number of rotatable bonds is 9. The Morgan fingerprint density at radius 1 is 0.944 bits per heavy atom. The molecule has 3 rings (SSSR count). The van der Waals surface area contributed by atoms with Crippen molar-refractivity contribution in [1.82, 2.24) is 10.2 Å². The van der Waals surface area contributed by atoms with Gasteiger partial charge in [0.15, 0.2) is 6.61 Å². The molecule has 0 aliphatic heterocycles. The molecule has 3 aromatic carbocycles. The number of ether oxygens (including phenoxy) is 1. The summed E-state index contributed by atoms with van der Waals surface area (Å²) in [6.45, 7) is 9.73. The second-order valence-corrected chi connectivity index (χ2v) is 10.6. The summed E-state index contributed by atoms with van der Waals surface area (Å²) in [4.78, 5) is 28.8. The Morgan fingerprint density at radius 2 is 1.56 bits per heavy atom. The van der Waals surface area contributed by atoms with Gasteiger partial charge in [0.1, 0.15) is 11.8 Å². The molecule has 0 saturated heterocycles. The van der Waals surface area contributed by atoms with Gasteiger partial charge in [-0.15, -0.1) is 0 Å². The molecule has 0 fully saturated rings. The van der Waals surface area contributed by atoms with E-state index in [4.69, 9.17) is 16.3 Å². The van der Waals surface area contributed by atoms with E-state index in [1.807, 2.05) is 101 Å². The number of nitrogens with one attached hydrogen (secondary N) is 1. The summed E-state index contributed by atoms with van der Waals surface area (Å²) in [6.07, 6.45) is 0.364. The highest BCUT2D eigenvalue weighted by atomic mass is 35.5.